The quantitative estimate of drug-likeness (QED) is 0.649. The predicted octanol–water partition coefficient (Wildman–Crippen LogP) is 3.86. The van der Waals surface area contributed by atoms with Crippen molar-refractivity contribution in [1.29, 1.82) is 0 Å². The van der Waals surface area contributed by atoms with Crippen LogP contribution in [0, 0.1) is 11.8 Å². The lowest BCUT2D eigenvalue weighted by Crippen LogP contribution is -2.35. The molecule has 0 N–H and O–H groups in total. The maximum Gasteiger partial charge on any atom is 0.0734 e. The highest BCUT2D eigenvalue weighted by Crippen LogP contribution is 2.61. The SMILES string of the molecule is C=C1CCC=C1C1C2CCC1(C)OC2(C)C. The van der Waals surface area contributed by atoms with Crippen LogP contribution >= 0.6 is 0 Å². The summed E-state index contributed by atoms with van der Waals surface area (Å²) in [5.41, 5.74) is 3.02. The molecule has 1 nitrogen and oxygen atoms in total. The third-order valence-electron chi connectivity index (χ3n) is 4.95. The second kappa shape index (κ2) is 3.01. The minimum absolute atomic E-state index is 0.0569. The summed E-state index contributed by atoms with van der Waals surface area (Å²) < 4.78 is 6.33. The Kier molecular flexibility index (Phi) is 1.99. The molecule has 1 aliphatic heterocycles. The fraction of sp³-hybridized carbons (Fsp3) is 0.733. The van der Waals surface area contributed by atoms with E-state index in [-0.39, 0.29) is 11.2 Å². The third kappa shape index (κ3) is 1.21. The number of hydrogen-bond donors (Lipinski definition) is 0. The van der Waals surface area contributed by atoms with Crippen LogP contribution in [0.15, 0.2) is 23.8 Å². The van der Waals surface area contributed by atoms with Gasteiger partial charge in [0.1, 0.15) is 0 Å². The van der Waals surface area contributed by atoms with Gasteiger partial charge in [0.2, 0.25) is 0 Å². The van der Waals surface area contributed by atoms with Gasteiger partial charge in [-0.2, -0.15) is 0 Å². The minimum atomic E-state index is 0.0569. The largest absolute Gasteiger partial charge is 0.368 e. The summed E-state index contributed by atoms with van der Waals surface area (Å²) in [6.45, 7) is 11.1. The van der Waals surface area contributed by atoms with Crippen molar-refractivity contribution < 1.29 is 4.74 Å². The van der Waals surface area contributed by atoms with Crippen molar-refractivity contribution in [2.24, 2.45) is 11.8 Å². The van der Waals surface area contributed by atoms with E-state index in [9.17, 15) is 0 Å². The second-order valence-electron chi connectivity index (χ2n) is 6.44. The van der Waals surface area contributed by atoms with Crippen LogP contribution < -0.4 is 0 Å². The second-order valence-corrected chi connectivity index (χ2v) is 6.44. The van der Waals surface area contributed by atoms with E-state index >= 15 is 0 Å². The lowest BCUT2D eigenvalue weighted by Gasteiger charge is -2.33. The molecule has 0 aromatic heterocycles. The molecule has 3 aliphatic rings. The van der Waals surface area contributed by atoms with Gasteiger partial charge in [0.05, 0.1) is 11.2 Å². The molecule has 1 saturated heterocycles. The molecular weight excluding hydrogens is 196 g/mol. The summed E-state index contributed by atoms with van der Waals surface area (Å²) in [6.07, 6.45) is 7.30. The standard InChI is InChI=1S/C15H22O/c1-10-6-5-7-11(10)13-12-8-9-15(13,4)16-14(12,2)3/h7,12-13H,1,5-6,8-9H2,2-4H3. The normalized spacial score (nSPS) is 45.2. The molecule has 1 heteroatoms. The fourth-order valence-electron chi connectivity index (χ4n) is 4.31. The molecule has 0 aromatic carbocycles. The Balaban J connectivity index is 2.00. The fourth-order valence-corrected chi connectivity index (χ4v) is 4.31. The maximum absolute atomic E-state index is 6.33. The van der Waals surface area contributed by atoms with Crippen molar-refractivity contribution in [3.8, 4) is 0 Å². The predicted molar refractivity (Wildman–Crippen MR) is 66.2 cm³/mol. The molecule has 2 fully saturated rings. The highest BCUT2D eigenvalue weighted by Gasteiger charge is 2.61. The van der Waals surface area contributed by atoms with Crippen LogP contribution in [0.3, 0.4) is 0 Å². The Morgan fingerprint density at radius 1 is 1.38 bits per heavy atom. The van der Waals surface area contributed by atoms with E-state index in [4.69, 9.17) is 4.74 Å². The molecular formula is C15H22O. The van der Waals surface area contributed by atoms with Gasteiger partial charge in [-0.25, -0.2) is 0 Å². The van der Waals surface area contributed by atoms with Crippen LogP contribution in [0.4, 0.5) is 0 Å². The molecule has 2 aliphatic carbocycles. The van der Waals surface area contributed by atoms with Gasteiger partial charge in [-0.3, -0.25) is 0 Å². The molecule has 3 unspecified atom stereocenters. The minimum Gasteiger partial charge on any atom is -0.368 e. The summed E-state index contributed by atoms with van der Waals surface area (Å²) in [5, 5.41) is 0. The zero-order valence-corrected chi connectivity index (χ0v) is 10.7. The number of rotatable bonds is 1. The summed E-state index contributed by atoms with van der Waals surface area (Å²) in [4.78, 5) is 0. The first kappa shape index (κ1) is 10.6. The highest BCUT2D eigenvalue weighted by atomic mass is 16.5. The average molecular weight is 218 g/mol. The topological polar surface area (TPSA) is 9.23 Å². The molecule has 0 spiro atoms. The average Bonchev–Trinajstić information content (AvgIpc) is 2.73. The Morgan fingerprint density at radius 3 is 2.56 bits per heavy atom. The van der Waals surface area contributed by atoms with E-state index in [0.29, 0.717) is 11.8 Å². The van der Waals surface area contributed by atoms with Crippen LogP contribution in [-0.4, -0.2) is 11.2 Å². The first-order valence-electron chi connectivity index (χ1n) is 6.52. The Bertz CT molecular complexity index is 377. The molecule has 1 heterocycles. The number of allylic oxidation sites excluding steroid dienone is 2. The van der Waals surface area contributed by atoms with E-state index in [2.05, 4.69) is 33.4 Å². The van der Waals surface area contributed by atoms with E-state index in [1.54, 1.807) is 0 Å². The number of fused-ring (bicyclic) bond motifs is 2. The van der Waals surface area contributed by atoms with E-state index in [1.807, 2.05) is 0 Å². The third-order valence-corrected chi connectivity index (χ3v) is 4.95. The van der Waals surface area contributed by atoms with Crippen molar-refractivity contribution in [3.05, 3.63) is 23.8 Å². The van der Waals surface area contributed by atoms with Crippen molar-refractivity contribution in [3.63, 3.8) is 0 Å². The van der Waals surface area contributed by atoms with Crippen molar-refractivity contribution in [1.82, 2.24) is 0 Å². The Labute approximate surface area is 98.6 Å². The van der Waals surface area contributed by atoms with Crippen molar-refractivity contribution in [2.45, 2.75) is 57.7 Å². The summed E-state index contributed by atoms with van der Waals surface area (Å²) >= 11 is 0. The zero-order chi connectivity index (χ0) is 11.6. The molecule has 16 heavy (non-hydrogen) atoms. The van der Waals surface area contributed by atoms with Gasteiger partial charge >= 0.3 is 0 Å². The molecule has 3 rings (SSSR count). The van der Waals surface area contributed by atoms with Crippen molar-refractivity contribution in [2.75, 3.05) is 0 Å². The van der Waals surface area contributed by atoms with Crippen LogP contribution in [-0.2, 0) is 4.74 Å². The smallest absolute Gasteiger partial charge is 0.0734 e. The van der Waals surface area contributed by atoms with E-state index < -0.39 is 0 Å². The Morgan fingerprint density at radius 2 is 2.12 bits per heavy atom. The van der Waals surface area contributed by atoms with E-state index in [1.165, 1.54) is 30.4 Å². The number of ether oxygens (including phenoxy) is 1. The van der Waals surface area contributed by atoms with Crippen molar-refractivity contribution >= 4 is 0 Å². The molecule has 2 bridgehead atoms. The van der Waals surface area contributed by atoms with Gasteiger partial charge < -0.3 is 4.74 Å². The van der Waals surface area contributed by atoms with Gasteiger partial charge in [0, 0.05) is 5.92 Å². The molecule has 0 radical (unpaired) electrons. The van der Waals surface area contributed by atoms with Gasteiger partial charge in [-0.05, 0) is 57.9 Å². The number of hydrogen-bond acceptors (Lipinski definition) is 1. The lowest BCUT2D eigenvalue weighted by molar-refractivity contribution is -0.113. The van der Waals surface area contributed by atoms with E-state index in [0.717, 1.165) is 6.42 Å². The zero-order valence-electron chi connectivity index (χ0n) is 10.7. The van der Waals surface area contributed by atoms with Crippen LogP contribution in [0.2, 0.25) is 0 Å². The summed E-state index contributed by atoms with van der Waals surface area (Å²) in [6, 6.07) is 0. The van der Waals surface area contributed by atoms with Crippen LogP contribution in [0.5, 0.6) is 0 Å². The molecule has 3 atom stereocenters. The molecule has 0 amide bonds. The summed E-state index contributed by atoms with van der Waals surface area (Å²) in [5.74, 6) is 1.30. The first-order chi connectivity index (χ1) is 7.44. The van der Waals surface area contributed by atoms with Gasteiger partial charge in [-0.15, -0.1) is 0 Å². The van der Waals surface area contributed by atoms with Gasteiger partial charge in [-0.1, -0.05) is 18.2 Å². The monoisotopic (exact) mass is 218 g/mol. The first-order valence-corrected chi connectivity index (χ1v) is 6.52. The van der Waals surface area contributed by atoms with Crippen LogP contribution in [0.25, 0.3) is 0 Å². The van der Waals surface area contributed by atoms with Crippen LogP contribution in [0.1, 0.15) is 46.5 Å². The molecule has 88 valence electrons. The van der Waals surface area contributed by atoms with Gasteiger partial charge in [0.25, 0.3) is 0 Å². The molecule has 1 saturated carbocycles. The molecule has 0 aromatic rings. The van der Waals surface area contributed by atoms with Gasteiger partial charge in [0.15, 0.2) is 0 Å². The summed E-state index contributed by atoms with van der Waals surface area (Å²) in [7, 11) is 0. The Hall–Kier alpha value is -0.560. The lowest BCUT2D eigenvalue weighted by atomic mass is 9.77. The highest BCUT2D eigenvalue weighted by molar-refractivity contribution is 5.40. The maximum atomic E-state index is 6.33.